The van der Waals surface area contributed by atoms with Gasteiger partial charge in [0.1, 0.15) is 0 Å². The van der Waals surface area contributed by atoms with Gasteiger partial charge in [-0.1, -0.05) is 26.0 Å². The highest BCUT2D eigenvalue weighted by Crippen LogP contribution is 2.30. The molecule has 1 N–H and O–H groups in total. The van der Waals surface area contributed by atoms with E-state index in [4.69, 9.17) is 0 Å². The molecule has 1 saturated heterocycles. The average molecular weight is 387 g/mol. The van der Waals surface area contributed by atoms with E-state index in [1.54, 1.807) is 0 Å². The molecule has 0 radical (unpaired) electrons. The Morgan fingerprint density at radius 1 is 1.18 bits per heavy atom. The van der Waals surface area contributed by atoms with Crippen LogP contribution in [0.3, 0.4) is 0 Å². The van der Waals surface area contributed by atoms with Crippen LogP contribution in [0.1, 0.15) is 57.1 Å². The zero-order chi connectivity index (χ0) is 20.1. The Morgan fingerprint density at radius 2 is 1.96 bits per heavy atom. The molecular weight excluding hydrogens is 352 g/mol. The van der Waals surface area contributed by atoms with E-state index in [0.29, 0.717) is 6.54 Å². The number of anilines is 1. The quantitative estimate of drug-likeness (QED) is 0.775. The van der Waals surface area contributed by atoms with Crippen LogP contribution >= 0.6 is 0 Å². The van der Waals surface area contributed by atoms with Crippen molar-refractivity contribution in [1.29, 1.82) is 0 Å². The highest BCUT2D eigenvalue weighted by atomic mass is 16.4. The summed E-state index contributed by atoms with van der Waals surface area (Å²) in [5, 5.41) is 9.26. The number of rotatable bonds is 7. The molecule has 1 amide bonds. The van der Waals surface area contributed by atoms with Gasteiger partial charge in [-0.15, -0.1) is 0 Å². The van der Waals surface area contributed by atoms with Crippen molar-refractivity contribution in [2.45, 2.75) is 58.8 Å². The summed E-state index contributed by atoms with van der Waals surface area (Å²) < 4.78 is 0. The van der Waals surface area contributed by atoms with Crippen LogP contribution < -0.4 is 4.90 Å². The number of fused-ring (bicyclic) bond motifs is 1. The van der Waals surface area contributed by atoms with Crippen LogP contribution in [0.4, 0.5) is 5.69 Å². The first-order valence-electron chi connectivity index (χ1n) is 10.9. The molecule has 2 heterocycles. The number of piperidine rings is 1. The molecule has 2 aliphatic rings. The third-order valence-corrected chi connectivity index (χ3v) is 6.43. The van der Waals surface area contributed by atoms with Crippen LogP contribution in [0.25, 0.3) is 0 Å². The van der Waals surface area contributed by atoms with Gasteiger partial charge in [0.25, 0.3) is 0 Å². The van der Waals surface area contributed by atoms with Gasteiger partial charge in [-0.05, 0) is 68.7 Å². The van der Waals surface area contributed by atoms with E-state index >= 15 is 0 Å². The predicted octanol–water partition coefficient (Wildman–Crippen LogP) is 3.74. The fourth-order valence-electron chi connectivity index (χ4n) is 4.64. The molecule has 154 valence electrons. The molecule has 3 rings (SSSR count). The summed E-state index contributed by atoms with van der Waals surface area (Å²) in [5.41, 5.74) is 3.66. The van der Waals surface area contributed by atoms with Gasteiger partial charge in [0.05, 0.1) is 5.92 Å². The number of amides is 1. The first-order valence-corrected chi connectivity index (χ1v) is 10.9. The minimum atomic E-state index is -0.666. The molecule has 2 aliphatic heterocycles. The Bertz CT molecular complexity index is 699. The lowest BCUT2D eigenvalue weighted by Gasteiger charge is -2.33. The number of aliphatic carboxylic acids is 1. The van der Waals surface area contributed by atoms with Gasteiger partial charge in [-0.3, -0.25) is 9.59 Å². The minimum absolute atomic E-state index is 0.118. The monoisotopic (exact) mass is 386 g/mol. The summed E-state index contributed by atoms with van der Waals surface area (Å²) in [6.07, 6.45) is 6.54. The number of aryl methyl sites for hydroxylation is 1. The number of hydrogen-bond donors (Lipinski definition) is 1. The second-order valence-electron chi connectivity index (χ2n) is 8.30. The Balaban J connectivity index is 1.65. The van der Waals surface area contributed by atoms with E-state index in [2.05, 4.69) is 36.9 Å². The average Bonchev–Trinajstić information content (AvgIpc) is 2.72. The van der Waals surface area contributed by atoms with Gasteiger partial charge in [-0.2, -0.15) is 0 Å². The zero-order valence-corrected chi connectivity index (χ0v) is 17.3. The molecule has 5 heteroatoms. The van der Waals surface area contributed by atoms with Gasteiger partial charge >= 0.3 is 5.97 Å². The van der Waals surface area contributed by atoms with Crippen LogP contribution in [0, 0.1) is 11.8 Å². The number of carboxylic acid groups (broad SMARTS) is 1. The normalized spacial score (nSPS) is 20.2. The van der Waals surface area contributed by atoms with Crippen molar-refractivity contribution in [2.75, 3.05) is 31.1 Å². The van der Waals surface area contributed by atoms with Crippen LogP contribution in [0.5, 0.6) is 0 Å². The number of hydrogen-bond acceptors (Lipinski definition) is 3. The zero-order valence-electron chi connectivity index (χ0n) is 17.3. The van der Waals surface area contributed by atoms with E-state index in [-0.39, 0.29) is 17.7 Å². The molecule has 0 aromatic heterocycles. The van der Waals surface area contributed by atoms with Crippen LogP contribution in [-0.2, 0) is 22.4 Å². The molecule has 0 aliphatic carbocycles. The minimum Gasteiger partial charge on any atom is -0.481 e. The SMILES string of the molecule is CCC(CC)C(=O)N1CCCc2cc(CCN3CCCC(C(=O)O)C3)ccc21. The van der Waals surface area contributed by atoms with Crippen LogP contribution in [0.2, 0.25) is 0 Å². The highest BCUT2D eigenvalue weighted by molar-refractivity contribution is 5.96. The van der Waals surface area contributed by atoms with E-state index < -0.39 is 5.97 Å². The molecule has 1 fully saturated rings. The number of benzene rings is 1. The molecular formula is C23H34N2O3. The number of carbonyl (C=O) groups is 2. The fourth-order valence-corrected chi connectivity index (χ4v) is 4.64. The van der Waals surface area contributed by atoms with Crippen molar-refractivity contribution in [3.05, 3.63) is 29.3 Å². The summed E-state index contributed by atoms with van der Waals surface area (Å²) in [6, 6.07) is 6.54. The summed E-state index contributed by atoms with van der Waals surface area (Å²) in [6.45, 7) is 7.57. The van der Waals surface area contributed by atoms with Crippen molar-refractivity contribution in [1.82, 2.24) is 4.90 Å². The lowest BCUT2D eigenvalue weighted by molar-refractivity contribution is -0.143. The topological polar surface area (TPSA) is 60.9 Å². The van der Waals surface area contributed by atoms with Crippen molar-refractivity contribution >= 4 is 17.6 Å². The third-order valence-electron chi connectivity index (χ3n) is 6.43. The maximum Gasteiger partial charge on any atom is 0.307 e. The Morgan fingerprint density at radius 3 is 2.68 bits per heavy atom. The molecule has 1 aromatic rings. The predicted molar refractivity (Wildman–Crippen MR) is 112 cm³/mol. The first kappa shape index (κ1) is 20.8. The van der Waals surface area contributed by atoms with Gasteiger partial charge < -0.3 is 14.9 Å². The first-order chi connectivity index (χ1) is 13.5. The molecule has 1 aromatic carbocycles. The Kier molecular flexibility index (Phi) is 7.11. The third kappa shape index (κ3) is 4.75. The largest absolute Gasteiger partial charge is 0.481 e. The van der Waals surface area contributed by atoms with Gasteiger partial charge in [0, 0.05) is 31.2 Å². The number of carboxylic acids is 1. The van der Waals surface area contributed by atoms with Crippen LogP contribution in [-0.4, -0.2) is 48.1 Å². The molecule has 5 nitrogen and oxygen atoms in total. The van der Waals surface area contributed by atoms with Crippen molar-refractivity contribution in [3.8, 4) is 0 Å². The van der Waals surface area contributed by atoms with Crippen LogP contribution in [0.15, 0.2) is 18.2 Å². The van der Waals surface area contributed by atoms with Crippen molar-refractivity contribution in [3.63, 3.8) is 0 Å². The van der Waals surface area contributed by atoms with E-state index in [1.165, 1.54) is 11.1 Å². The lowest BCUT2D eigenvalue weighted by atomic mass is 9.94. The summed E-state index contributed by atoms with van der Waals surface area (Å²) in [5.74, 6) is -0.499. The number of carbonyl (C=O) groups excluding carboxylic acids is 1. The smallest absolute Gasteiger partial charge is 0.307 e. The highest BCUT2D eigenvalue weighted by Gasteiger charge is 2.27. The summed E-state index contributed by atoms with van der Waals surface area (Å²) in [4.78, 5) is 28.4. The second kappa shape index (κ2) is 9.55. The maximum atomic E-state index is 12.9. The maximum absolute atomic E-state index is 12.9. The van der Waals surface area contributed by atoms with E-state index in [0.717, 1.165) is 70.3 Å². The standard InChI is InChI=1S/C23H34N2O3/c1-3-18(4-2)22(26)25-13-6-7-19-15-17(9-10-21(19)25)11-14-24-12-5-8-20(16-24)23(27)28/h9-10,15,18,20H,3-8,11-14,16H2,1-2H3,(H,27,28). The molecule has 28 heavy (non-hydrogen) atoms. The molecule has 0 saturated carbocycles. The molecule has 1 unspecified atom stereocenters. The van der Waals surface area contributed by atoms with Crippen molar-refractivity contribution in [2.24, 2.45) is 11.8 Å². The fraction of sp³-hybridized carbons (Fsp3) is 0.652. The molecule has 1 atom stereocenters. The van der Waals surface area contributed by atoms with Crippen molar-refractivity contribution < 1.29 is 14.7 Å². The number of likely N-dealkylation sites (tertiary alicyclic amines) is 1. The Hall–Kier alpha value is -1.88. The molecule has 0 bridgehead atoms. The molecule has 0 spiro atoms. The summed E-state index contributed by atoms with van der Waals surface area (Å²) >= 11 is 0. The van der Waals surface area contributed by atoms with Gasteiger partial charge in [0.2, 0.25) is 5.91 Å². The van der Waals surface area contributed by atoms with E-state index in [1.807, 2.05) is 4.90 Å². The summed E-state index contributed by atoms with van der Waals surface area (Å²) in [7, 11) is 0. The Labute approximate surface area is 168 Å². The number of nitrogens with zero attached hydrogens (tertiary/aromatic N) is 2. The lowest BCUT2D eigenvalue weighted by Crippen LogP contribution is -2.40. The second-order valence-corrected chi connectivity index (χ2v) is 8.30. The van der Waals surface area contributed by atoms with Gasteiger partial charge in [-0.25, -0.2) is 0 Å². The van der Waals surface area contributed by atoms with E-state index in [9.17, 15) is 14.7 Å². The van der Waals surface area contributed by atoms with Gasteiger partial charge in [0.15, 0.2) is 0 Å².